The summed E-state index contributed by atoms with van der Waals surface area (Å²) in [5.74, 6) is 0. The number of aryl methyl sites for hydroxylation is 2. The molecule has 10 heteroatoms. The maximum Gasteiger partial charge on any atom is 0.414 e. The molecule has 0 aliphatic carbocycles. The van der Waals surface area contributed by atoms with Crippen LogP contribution < -0.4 is 15.4 Å². The van der Waals surface area contributed by atoms with Crippen LogP contribution in [0.2, 0.25) is 0 Å². The number of anilines is 3. The van der Waals surface area contributed by atoms with Crippen molar-refractivity contribution in [3.8, 4) is 0 Å². The fourth-order valence-corrected chi connectivity index (χ4v) is 5.09. The molecule has 204 valence electrons. The van der Waals surface area contributed by atoms with Gasteiger partial charge in [-0.05, 0) is 64.5 Å². The molecular weight excluding hydrogens is 502 g/mol. The van der Waals surface area contributed by atoms with Crippen molar-refractivity contribution >= 4 is 46.0 Å². The van der Waals surface area contributed by atoms with Gasteiger partial charge in [0.25, 0.3) is 5.56 Å². The van der Waals surface area contributed by atoms with Gasteiger partial charge in [0.15, 0.2) is 5.16 Å². The first-order valence-corrected chi connectivity index (χ1v) is 14.3. The summed E-state index contributed by atoms with van der Waals surface area (Å²) in [6.07, 6.45) is 6.67. The average Bonchev–Trinajstić information content (AvgIpc) is 2.88. The Hall–Kier alpha value is -3.11. The largest absolute Gasteiger partial charge is 0.443 e. The molecule has 1 aliphatic heterocycles. The van der Waals surface area contributed by atoms with Crippen LogP contribution in [0.15, 0.2) is 40.4 Å². The maximum absolute atomic E-state index is 14.0. The number of hydrogen-bond donors (Lipinski definition) is 1. The molecule has 0 saturated heterocycles. The van der Waals surface area contributed by atoms with Gasteiger partial charge in [-0.1, -0.05) is 36.7 Å². The van der Waals surface area contributed by atoms with Crippen LogP contribution in [-0.4, -0.2) is 57.3 Å². The molecule has 9 nitrogen and oxygen atoms in total. The van der Waals surface area contributed by atoms with E-state index < -0.39 is 11.7 Å². The summed E-state index contributed by atoms with van der Waals surface area (Å²) in [6, 6.07) is 7.70. The van der Waals surface area contributed by atoms with Gasteiger partial charge in [0, 0.05) is 37.8 Å². The zero-order chi connectivity index (χ0) is 27.4. The Labute approximate surface area is 227 Å². The van der Waals surface area contributed by atoms with Crippen molar-refractivity contribution < 1.29 is 14.6 Å². The molecule has 0 spiro atoms. The molecule has 1 aromatic carbocycles. The molecule has 2 aromatic heterocycles. The third kappa shape index (κ3) is 5.96. The number of fused-ring (bicyclic) bond motifs is 2. The van der Waals surface area contributed by atoms with Gasteiger partial charge in [-0.25, -0.2) is 14.8 Å². The van der Waals surface area contributed by atoms with E-state index in [0.29, 0.717) is 36.1 Å². The molecule has 0 fully saturated rings. The van der Waals surface area contributed by atoms with E-state index in [4.69, 9.17) is 9.84 Å². The highest BCUT2D eigenvalue weighted by atomic mass is 32.2. The van der Waals surface area contributed by atoms with Crippen LogP contribution in [0.3, 0.4) is 0 Å². The van der Waals surface area contributed by atoms with E-state index in [9.17, 15) is 9.59 Å². The number of rotatable bonds is 8. The number of pyridine rings is 1. The highest BCUT2D eigenvalue weighted by molar-refractivity contribution is 7.98. The summed E-state index contributed by atoms with van der Waals surface area (Å²) in [5, 5.41) is 10.5. The second-order valence-electron chi connectivity index (χ2n) is 10.5. The minimum absolute atomic E-state index is 0.122. The highest BCUT2D eigenvalue weighted by Crippen LogP contribution is 2.40. The zero-order valence-corrected chi connectivity index (χ0v) is 23.7. The lowest BCUT2D eigenvalue weighted by molar-refractivity contribution is 0.0580. The molecule has 0 atom stereocenters. The van der Waals surface area contributed by atoms with Crippen molar-refractivity contribution in [3.63, 3.8) is 0 Å². The molecule has 38 heavy (non-hydrogen) atoms. The third-order valence-corrected chi connectivity index (χ3v) is 7.05. The molecule has 3 aromatic rings. The van der Waals surface area contributed by atoms with Crippen molar-refractivity contribution in [2.24, 2.45) is 0 Å². The van der Waals surface area contributed by atoms with Crippen molar-refractivity contribution in [1.82, 2.24) is 14.5 Å². The van der Waals surface area contributed by atoms with Crippen molar-refractivity contribution in [1.29, 1.82) is 0 Å². The third-order valence-electron chi connectivity index (χ3n) is 6.49. The number of amides is 1. The molecule has 4 rings (SSSR count). The van der Waals surface area contributed by atoms with E-state index in [-0.39, 0.29) is 12.2 Å². The van der Waals surface area contributed by atoms with Gasteiger partial charge < -0.3 is 14.7 Å². The second-order valence-corrected chi connectivity index (χ2v) is 11.3. The lowest BCUT2D eigenvalue weighted by Crippen LogP contribution is -2.46. The Bertz CT molecular complexity index is 1370. The molecule has 0 bridgehead atoms. The fourth-order valence-electron chi connectivity index (χ4n) is 4.76. The van der Waals surface area contributed by atoms with Gasteiger partial charge in [-0.2, -0.15) is 0 Å². The first-order valence-electron chi connectivity index (χ1n) is 13.1. The van der Waals surface area contributed by atoms with Gasteiger partial charge in [-0.3, -0.25) is 14.3 Å². The number of nitrogens with zero attached hydrogens (tertiary/aromatic N) is 5. The minimum atomic E-state index is -0.615. The number of benzene rings is 1. The van der Waals surface area contributed by atoms with Crippen LogP contribution >= 0.6 is 11.8 Å². The number of carbonyl (C=O) groups is 1. The summed E-state index contributed by atoms with van der Waals surface area (Å²) in [4.78, 5) is 39.9. The average molecular weight is 540 g/mol. The number of hydrogen-bond acceptors (Lipinski definition) is 8. The first kappa shape index (κ1) is 27.9. The Balaban J connectivity index is 1.79. The predicted molar refractivity (Wildman–Crippen MR) is 153 cm³/mol. The fraction of sp³-hybridized carbons (Fsp3) is 0.500. The smallest absolute Gasteiger partial charge is 0.414 e. The summed E-state index contributed by atoms with van der Waals surface area (Å²) in [5.41, 5.74) is 2.88. The number of para-hydroxylation sites is 1. The highest BCUT2D eigenvalue weighted by Gasteiger charge is 2.33. The summed E-state index contributed by atoms with van der Waals surface area (Å²) >= 11 is 1.44. The van der Waals surface area contributed by atoms with E-state index in [2.05, 4.69) is 9.97 Å². The standard InChI is InChI=1S/C28H37N5O4S/c1-19-11-10-12-21-23(19)32(27(36)37-28(2,3)4)15-14-31(21)22-17-20-18-29-26(38-5)30-24(20)33(25(22)35)13-8-6-7-9-16-34/h10-12,17-18,34H,6-9,13-16H2,1-5H3. The summed E-state index contributed by atoms with van der Waals surface area (Å²) in [6.45, 7) is 9.05. The van der Waals surface area contributed by atoms with Gasteiger partial charge >= 0.3 is 6.09 Å². The van der Waals surface area contributed by atoms with Gasteiger partial charge in [-0.15, -0.1) is 0 Å². The molecule has 1 aliphatic rings. The lowest BCUT2D eigenvalue weighted by Gasteiger charge is -2.39. The van der Waals surface area contributed by atoms with Gasteiger partial charge in [0.05, 0.1) is 11.4 Å². The van der Waals surface area contributed by atoms with Crippen LogP contribution in [0.1, 0.15) is 52.0 Å². The number of aliphatic hydroxyl groups is 1. The molecule has 0 unspecified atom stereocenters. The summed E-state index contributed by atoms with van der Waals surface area (Å²) < 4.78 is 7.44. The van der Waals surface area contributed by atoms with Crippen LogP contribution in [0.4, 0.5) is 21.9 Å². The van der Waals surface area contributed by atoms with E-state index in [1.54, 1.807) is 15.7 Å². The van der Waals surface area contributed by atoms with E-state index >= 15 is 0 Å². The Kier molecular flexibility index (Phi) is 8.62. The number of aliphatic hydroxyl groups excluding tert-OH is 1. The van der Waals surface area contributed by atoms with Crippen LogP contribution in [0.5, 0.6) is 0 Å². The molecule has 1 amide bonds. The lowest BCUT2D eigenvalue weighted by atomic mass is 10.1. The second kappa shape index (κ2) is 11.7. The van der Waals surface area contributed by atoms with Crippen LogP contribution in [-0.2, 0) is 11.3 Å². The van der Waals surface area contributed by atoms with Crippen molar-refractivity contribution in [2.45, 2.75) is 70.7 Å². The number of carbonyl (C=O) groups excluding carboxylic acids is 1. The first-order chi connectivity index (χ1) is 18.1. The number of aromatic nitrogens is 3. The van der Waals surface area contributed by atoms with Crippen molar-refractivity contribution in [3.05, 3.63) is 46.4 Å². The van der Waals surface area contributed by atoms with E-state index in [1.807, 2.05) is 63.1 Å². The SMILES string of the molecule is CSc1ncc2cc(N3CCN(C(=O)OC(C)(C)C)c4c(C)cccc43)c(=O)n(CCCCCCO)c2n1. The topological polar surface area (TPSA) is 101 Å². The number of ether oxygens (including phenoxy) is 1. The molecular formula is C28H37N5O4S. The molecule has 1 N–H and O–H groups in total. The molecule has 0 saturated carbocycles. The Morgan fingerprint density at radius 2 is 1.89 bits per heavy atom. The van der Waals surface area contributed by atoms with Gasteiger partial charge in [0.1, 0.15) is 16.9 Å². The van der Waals surface area contributed by atoms with Crippen LogP contribution in [0.25, 0.3) is 11.0 Å². The van der Waals surface area contributed by atoms with Crippen molar-refractivity contribution in [2.75, 3.05) is 35.8 Å². The van der Waals surface area contributed by atoms with E-state index in [0.717, 1.165) is 48.0 Å². The normalized spacial score (nSPS) is 13.6. The number of unbranched alkanes of at least 4 members (excludes halogenated alkanes) is 3. The predicted octanol–water partition coefficient (Wildman–Crippen LogP) is 5.27. The quantitative estimate of drug-likeness (QED) is 0.235. The summed E-state index contributed by atoms with van der Waals surface area (Å²) in [7, 11) is 0. The molecule has 3 heterocycles. The minimum Gasteiger partial charge on any atom is -0.443 e. The van der Waals surface area contributed by atoms with E-state index in [1.165, 1.54) is 11.8 Å². The Morgan fingerprint density at radius 3 is 2.61 bits per heavy atom. The zero-order valence-electron chi connectivity index (χ0n) is 22.9. The van der Waals surface area contributed by atoms with Gasteiger partial charge in [0.2, 0.25) is 0 Å². The monoisotopic (exact) mass is 539 g/mol. The molecule has 0 radical (unpaired) electrons. The number of thioether (sulfide) groups is 1. The maximum atomic E-state index is 14.0. The van der Waals surface area contributed by atoms with Crippen LogP contribution in [0, 0.1) is 6.92 Å². The Morgan fingerprint density at radius 1 is 1.13 bits per heavy atom.